The first-order valence-corrected chi connectivity index (χ1v) is 3.42. The highest BCUT2D eigenvalue weighted by molar-refractivity contribution is 5.85. The Balaban J connectivity index is 3.01. The predicted octanol–water partition coefficient (Wildman–Crippen LogP) is 1.34. The van der Waals surface area contributed by atoms with Gasteiger partial charge in [-0.2, -0.15) is 0 Å². The number of aryl methyl sites for hydroxylation is 1. The maximum absolute atomic E-state index is 10.4. The Morgan fingerprint density at radius 2 is 2.45 bits per heavy atom. The molecule has 0 aliphatic rings. The van der Waals surface area contributed by atoms with E-state index in [0.29, 0.717) is 0 Å². The fourth-order valence-corrected chi connectivity index (χ4v) is 0.811. The summed E-state index contributed by atoms with van der Waals surface area (Å²) >= 11 is 0. The van der Waals surface area contributed by atoms with Crippen molar-refractivity contribution in [1.82, 2.24) is 4.98 Å². The van der Waals surface area contributed by atoms with Gasteiger partial charge in [-0.15, -0.1) is 0 Å². The molecule has 0 spiro atoms. The normalized spacial score (nSPS) is 9.55. The molecule has 1 aromatic heterocycles. The smallest absolute Gasteiger partial charge is 0.354 e. The van der Waals surface area contributed by atoms with Crippen molar-refractivity contribution in [2.45, 2.75) is 13.3 Å². The van der Waals surface area contributed by atoms with Gasteiger partial charge >= 0.3 is 5.97 Å². The molecular formula is C8H9NO2. The van der Waals surface area contributed by atoms with Crippen LogP contribution in [0, 0.1) is 0 Å². The number of hydrogen-bond donors (Lipinski definition) is 1. The van der Waals surface area contributed by atoms with Crippen LogP contribution in [0.1, 0.15) is 23.0 Å². The van der Waals surface area contributed by atoms with Crippen molar-refractivity contribution < 1.29 is 9.90 Å². The highest BCUT2D eigenvalue weighted by Crippen LogP contribution is 2.01. The van der Waals surface area contributed by atoms with Crippen LogP contribution in [0.4, 0.5) is 0 Å². The fourth-order valence-electron chi connectivity index (χ4n) is 0.811. The Morgan fingerprint density at radius 3 is 3.00 bits per heavy atom. The van der Waals surface area contributed by atoms with Gasteiger partial charge in [-0.05, 0) is 24.1 Å². The molecule has 1 rings (SSSR count). The second kappa shape index (κ2) is 3.14. The number of carboxylic acid groups (broad SMARTS) is 1. The van der Waals surface area contributed by atoms with Crippen LogP contribution in [-0.4, -0.2) is 16.1 Å². The minimum absolute atomic E-state index is 0.115. The summed E-state index contributed by atoms with van der Waals surface area (Å²) in [6.45, 7) is 1.97. The summed E-state index contributed by atoms with van der Waals surface area (Å²) in [6.07, 6.45) is 2.35. The molecule has 0 amide bonds. The maximum atomic E-state index is 10.4. The van der Waals surface area contributed by atoms with Crippen LogP contribution in [0.5, 0.6) is 0 Å². The lowest BCUT2D eigenvalue weighted by atomic mass is 10.2. The zero-order valence-corrected chi connectivity index (χ0v) is 6.24. The Morgan fingerprint density at radius 1 is 1.73 bits per heavy atom. The average molecular weight is 151 g/mol. The summed E-state index contributed by atoms with van der Waals surface area (Å²) in [5.41, 5.74) is 1.11. The van der Waals surface area contributed by atoms with Crippen LogP contribution in [0.2, 0.25) is 0 Å². The van der Waals surface area contributed by atoms with Crippen molar-refractivity contribution >= 4 is 5.97 Å². The van der Waals surface area contributed by atoms with E-state index in [2.05, 4.69) is 4.98 Å². The van der Waals surface area contributed by atoms with E-state index in [1.165, 1.54) is 6.20 Å². The molecule has 3 nitrogen and oxygen atoms in total. The van der Waals surface area contributed by atoms with Crippen molar-refractivity contribution in [2.75, 3.05) is 0 Å². The number of rotatable bonds is 2. The van der Waals surface area contributed by atoms with Crippen molar-refractivity contribution in [3.63, 3.8) is 0 Å². The molecule has 0 bridgehead atoms. The Bertz CT molecular complexity index is 271. The molecule has 11 heavy (non-hydrogen) atoms. The highest BCUT2D eigenvalue weighted by Gasteiger charge is 2.02. The average Bonchev–Trinajstić information content (AvgIpc) is 2.05. The standard InChI is InChI=1S/C8H9NO2/c1-2-6-3-4-9-7(5-6)8(10)11/h3-5H,2H2,1H3,(H,10,11). The number of carboxylic acids is 1. The molecule has 0 unspecified atom stereocenters. The lowest BCUT2D eigenvalue weighted by molar-refractivity contribution is 0.0690. The predicted molar refractivity (Wildman–Crippen MR) is 40.6 cm³/mol. The van der Waals surface area contributed by atoms with Gasteiger partial charge in [0.25, 0.3) is 0 Å². The van der Waals surface area contributed by atoms with E-state index in [0.717, 1.165) is 12.0 Å². The van der Waals surface area contributed by atoms with Crippen molar-refractivity contribution in [3.05, 3.63) is 29.6 Å². The second-order valence-electron chi connectivity index (χ2n) is 2.21. The Kier molecular flexibility index (Phi) is 2.21. The molecule has 1 N–H and O–H groups in total. The summed E-state index contributed by atoms with van der Waals surface area (Å²) in [6, 6.07) is 3.40. The molecule has 0 fully saturated rings. The van der Waals surface area contributed by atoms with Crippen LogP contribution in [0.15, 0.2) is 18.3 Å². The van der Waals surface area contributed by atoms with Crippen molar-refractivity contribution in [1.29, 1.82) is 0 Å². The third-order valence-electron chi connectivity index (χ3n) is 1.45. The SMILES string of the molecule is CCc1ccnc(C(=O)O)c1. The lowest BCUT2D eigenvalue weighted by Gasteiger charge is -1.96. The second-order valence-corrected chi connectivity index (χ2v) is 2.21. The molecule has 1 aromatic rings. The third kappa shape index (κ3) is 1.77. The highest BCUT2D eigenvalue weighted by atomic mass is 16.4. The van der Waals surface area contributed by atoms with Gasteiger partial charge < -0.3 is 5.11 Å². The maximum Gasteiger partial charge on any atom is 0.354 e. The van der Waals surface area contributed by atoms with Crippen LogP contribution in [0.25, 0.3) is 0 Å². The molecule has 0 aromatic carbocycles. The Labute approximate surface area is 64.7 Å². The number of hydrogen-bond acceptors (Lipinski definition) is 2. The summed E-state index contributed by atoms with van der Waals surface area (Å²) in [5, 5.41) is 8.54. The van der Waals surface area contributed by atoms with E-state index < -0.39 is 5.97 Å². The molecule has 0 radical (unpaired) electrons. The summed E-state index contributed by atoms with van der Waals surface area (Å²) in [7, 11) is 0. The zero-order valence-electron chi connectivity index (χ0n) is 6.24. The van der Waals surface area contributed by atoms with Gasteiger partial charge in [0.1, 0.15) is 5.69 Å². The molecule has 0 saturated heterocycles. The number of aromatic nitrogens is 1. The monoisotopic (exact) mass is 151 g/mol. The van der Waals surface area contributed by atoms with Crippen LogP contribution >= 0.6 is 0 Å². The molecule has 0 saturated carbocycles. The van der Waals surface area contributed by atoms with E-state index in [9.17, 15) is 4.79 Å². The van der Waals surface area contributed by atoms with Crippen LogP contribution in [0.3, 0.4) is 0 Å². The summed E-state index contributed by atoms with van der Waals surface area (Å²) in [5.74, 6) is -0.972. The topological polar surface area (TPSA) is 50.2 Å². The minimum Gasteiger partial charge on any atom is -0.477 e. The number of nitrogens with zero attached hydrogens (tertiary/aromatic N) is 1. The summed E-state index contributed by atoms with van der Waals surface area (Å²) in [4.78, 5) is 14.1. The molecule has 58 valence electrons. The van der Waals surface area contributed by atoms with Crippen molar-refractivity contribution in [2.24, 2.45) is 0 Å². The Hall–Kier alpha value is -1.38. The van der Waals surface area contributed by atoms with E-state index in [1.807, 2.05) is 13.0 Å². The molecule has 0 atom stereocenters. The van der Waals surface area contributed by atoms with Gasteiger partial charge in [0.2, 0.25) is 0 Å². The largest absolute Gasteiger partial charge is 0.477 e. The number of pyridine rings is 1. The zero-order chi connectivity index (χ0) is 8.27. The molecule has 0 aliphatic heterocycles. The van der Waals surface area contributed by atoms with Gasteiger partial charge in [-0.3, -0.25) is 0 Å². The first-order valence-electron chi connectivity index (χ1n) is 3.42. The fraction of sp³-hybridized carbons (Fsp3) is 0.250. The first-order chi connectivity index (χ1) is 5.24. The molecule has 1 heterocycles. The van der Waals surface area contributed by atoms with Crippen molar-refractivity contribution in [3.8, 4) is 0 Å². The van der Waals surface area contributed by atoms with Gasteiger partial charge in [0.05, 0.1) is 0 Å². The van der Waals surface area contributed by atoms with Crippen LogP contribution < -0.4 is 0 Å². The molecule has 0 aliphatic carbocycles. The van der Waals surface area contributed by atoms with E-state index in [4.69, 9.17) is 5.11 Å². The van der Waals surface area contributed by atoms with E-state index >= 15 is 0 Å². The number of aromatic carboxylic acids is 1. The summed E-state index contributed by atoms with van der Waals surface area (Å²) < 4.78 is 0. The van der Waals surface area contributed by atoms with E-state index in [-0.39, 0.29) is 5.69 Å². The molecule has 3 heteroatoms. The van der Waals surface area contributed by atoms with Gasteiger partial charge in [-0.1, -0.05) is 6.92 Å². The van der Waals surface area contributed by atoms with E-state index in [1.54, 1.807) is 6.07 Å². The first kappa shape index (κ1) is 7.72. The third-order valence-corrected chi connectivity index (χ3v) is 1.45. The quantitative estimate of drug-likeness (QED) is 0.693. The molecular weight excluding hydrogens is 142 g/mol. The number of carbonyl (C=O) groups is 1. The minimum atomic E-state index is -0.972. The van der Waals surface area contributed by atoms with Gasteiger partial charge in [0.15, 0.2) is 0 Å². The lowest BCUT2D eigenvalue weighted by Crippen LogP contribution is -2.00. The van der Waals surface area contributed by atoms with Gasteiger partial charge in [-0.25, -0.2) is 9.78 Å². The van der Waals surface area contributed by atoms with Gasteiger partial charge in [0, 0.05) is 6.20 Å². The van der Waals surface area contributed by atoms with Crippen LogP contribution in [-0.2, 0) is 6.42 Å².